The Hall–Kier alpha value is -3.04. The third-order valence-electron chi connectivity index (χ3n) is 4.80. The van der Waals surface area contributed by atoms with Gasteiger partial charge in [-0.1, -0.05) is 17.7 Å². The van der Waals surface area contributed by atoms with Gasteiger partial charge in [0.1, 0.15) is 12.4 Å². The highest BCUT2D eigenvalue weighted by molar-refractivity contribution is 7.10. The van der Waals surface area contributed by atoms with E-state index in [1.165, 1.54) is 11.3 Å². The highest BCUT2D eigenvalue weighted by Gasteiger charge is 2.36. The largest absolute Gasteiger partial charge is 0.478 e. The Kier molecular flexibility index (Phi) is 6.15. The van der Waals surface area contributed by atoms with Crippen molar-refractivity contribution in [2.75, 3.05) is 13.2 Å². The van der Waals surface area contributed by atoms with E-state index in [1.807, 2.05) is 11.4 Å². The van der Waals surface area contributed by atoms with Gasteiger partial charge in [-0.25, -0.2) is 14.4 Å². The molecule has 2 aliphatic rings. The Labute approximate surface area is 187 Å². The fraction of sp³-hybridized carbons (Fsp3) is 0.286. The highest BCUT2D eigenvalue weighted by atomic mass is 35.5. The molecule has 0 saturated carbocycles. The molecule has 162 valence electrons. The average molecular weight is 463 g/mol. The summed E-state index contributed by atoms with van der Waals surface area (Å²) >= 11 is 7.38. The molecule has 2 aliphatic heterocycles. The number of benzene rings is 1. The van der Waals surface area contributed by atoms with Gasteiger partial charge < -0.3 is 24.8 Å². The summed E-state index contributed by atoms with van der Waals surface area (Å²) < 4.78 is 16.2. The number of hydrogen-bond acceptors (Lipinski definition) is 7. The lowest BCUT2D eigenvalue weighted by Crippen LogP contribution is -2.47. The smallest absolute Gasteiger partial charge is 0.348 e. The Balaban J connectivity index is 1.53. The van der Waals surface area contributed by atoms with E-state index in [9.17, 15) is 14.4 Å². The molecule has 8 nitrogen and oxygen atoms in total. The van der Waals surface area contributed by atoms with Gasteiger partial charge in [-0.3, -0.25) is 0 Å². The fourth-order valence-electron chi connectivity index (χ4n) is 3.44. The first-order chi connectivity index (χ1) is 15.0. The molecule has 0 saturated heterocycles. The number of nitrogens with one attached hydrogen (secondary N) is 2. The van der Waals surface area contributed by atoms with E-state index >= 15 is 0 Å². The maximum absolute atomic E-state index is 12.7. The third kappa shape index (κ3) is 4.52. The predicted octanol–water partition coefficient (Wildman–Crippen LogP) is 3.12. The number of carbonyl (C=O) groups is 3. The first-order valence-electron chi connectivity index (χ1n) is 9.59. The van der Waals surface area contributed by atoms with Crippen LogP contribution in [0.2, 0.25) is 5.02 Å². The summed E-state index contributed by atoms with van der Waals surface area (Å²) in [5, 5.41) is 7.68. The van der Waals surface area contributed by atoms with Crippen LogP contribution < -0.4 is 15.4 Å². The monoisotopic (exact) mass is 462 g/mol. The molecule has 0 aliphatic carbocycles. The fourth-order valence-corrected chi connectivity index (χ4v) is 4.41. The second-order valence-corrected chi connectivity index (χ2v) is 8.25. The van der Waals surface area contributed by atoms with E-state index in [4.69, 9.17) is 25.8 Å². The Bertz CT molecular complexity index is 1050. The zero-order chi connectivity index (χ0) is 22.0. The number of fused-ring (bicyclic) bond motifs is 1. The number of carbonyl (C=O) groups excluding carboxylic acids is 3. The molecule has 0 radical (unpaired) electrons. The summed E-state index contributed by atoms with van der Waals surface area (Å²) in [6, 6.07) is 7.54. The van der Waals surface area contributed by atoms with Crippen molar-refractivity contribution in [1.29, 1.82) is 0 Å². The van der Waals surface area contributed by atoms with Gasteiger partial charge in [0.25, 0.3) is 0 Å². The van der Waals surface area contributed by atoms with Gasteiger partial charge in [0, 0.05) is 16.3 Å². The molecule has 2 aromatic rings. The molecule has 1 aromatic heterocycles. The minimum absolute atomic E-state index is 0.164. The lowest BCUT2D eigenvalue weighted by atomic mass is 10.0. The number of amides is 2. The van der Waals surface area contributed by atoms with Crippen LogP contribution in [-0.4, -0.2) is 37.3 Å². The van der Waals surface area contributed by atoms with Crippen molar-refractivity contribution < 1.29 is 28.6 Å². The van der Waals surface area contributed by atoms with E-state index in [0.717, 1.165) is 10.4 Å². The van der Waals surface area contributed by atoms with E-state index in [-0.39, 0.29) is 24.5 Å². The summed E-state index contributed by atoms with van der Waals surface area (Å²) in [6.45, 7) is 1.55. The van der Waals surface area contributed by atoms with Gasteiger partial charge in [0.05, 0.1) is 23.9 Å². The molecule has 2 atom stereocenters. The summed E-state index contributed by atoms with van der Waals surface area (Å²) in [5.41, 5.74) is 1.18. The quantitative estimate of drug-likeness (QED) is 0.639. The molecular weight excluding hydrogens is 444 g/mol. The molecular formula is C21H19ClN2O6S. The maximum atomic E-state index is 12.7. The van der Waals surface area contributed by atoms with Gasteiger partial charge in [0.15, 0.2) is 6.10 Å². The number of hydrogen-bond donors (Lipinski definition) is 2. The molecule has 0 spiro atoms. The van der Waals surface area contributed by atoms with Crippen molar-refractivity contribution in [3.63, 3.8) is 0 Å². The normalized spacial score (nSPS) is 19.7. The summed E-state index contributed by atoms with van der Waals surface area (Å²) in [5.74, 6) is -0.632. The van der Waals surface area contributed by atoms with Crippen LogP contribution in [0.25, 0.3) is 0 Å². The number of rotatable bonds is 6. The average Bonchev–Trinajstić information content (AvgIpc) is 3.41. The van der Waals surface area contributed by atoms with Crippen LogP contribution in [0.1, 0.15) is 23.4 Å². The number of esters is 2. The molecule has 0 fully saturated rings. The molecule has 2 amide bonds. The number of thiophene rings is 1. The van der Waals surface area contributed by atoms with E-state index in [1.54, 1.807) is 31.2 Å². The first-order valence-corrected chi connectivity index (χ1v) is 10.8. The highest BCUT2D eigenvalue weighted by Crippen LogP contribution is 2.33. The number of urea groups is 1. The molecule has 3 heterocycles. The third-order valence-corrected chi connectivity index (χ3v) is 5.97. The number of halogens is 1. The van der Waals surface area contributed by atoms with Crippen molar-refractivity contribution >= 4 is 40.9 Å². The summed E-state index contributed by atoms with van der Waals surface area (Å²) in [4.78, 5) is 38.2. The van der Waals surface area contributed by atoms with Crippen molar-refractivity contribution in [2.24, 2.45) is 0 Å². The maximum Gasteiger partial charge on any atom is 0.348 e. The van der Waals surface area contributed by atoms with Crippen LogP contribution in [0.3, 0.4) is 0 Å². The zero-order valence-electron chi connectivity index (χ0n) is 16.5. The SMILES string of the molecule is CCOC(=O)C1=C(COC(=O)[C@@H]2Cc3cc(Cl)ccc3O2)NC(=O)N[C@@H]1c1cccs1. The standard InChI is InChI=1S/C21H19ClN2O6S/c1-2-28-20(26)17-13(23-21(27)24-18(17)16-4-3-7-31-16)10-29-19(25)15-9-11-8-12(22)5-6-14(11)30-15/h3-8,15,18H,2,9-10H2,1H3,(H2,23,24,27)/t15-,18+/m0/s1. The van der Waals surface area contributed by atoms with Gasteiger partial charge >= 0.3 is 18.0 Å². The Morgan fingerprint density at radius 2 is 2.13 bits per heavy atom. The van der Waals surface area contributed by atoms with Crippen LogP contribution in [0.15, 0.2) is 47.0 Å². The van der Waals surface area contributed by atoms with E-state index in [2.05, 4.69) is 10.6 Å². The van der Waals surface area contributed by atoms with Crippen LogP contribution in [0.4, 0.5) is 4.79 Å². The molecule has 2 N–H and O–H groups in total. The lowest BCUT2D eigenvalue weighted by molar-refractivity contribution is -0.150. The minimum atomic E-state index is -0.828. The van der Waals surface area contributed by atoms with Gasteiger partial charge in [-0.05, 0) is 42.1 Å². The second-order valence-electron chi connectivity index (χ2n) is 6.83. The van der Waals surface area contributed by atoms with E-state index in [0.29, 0.717) is 17.2 Å². The van der Waals surface area contributed by atoms with Crippen LogP contribution in [0.5, 0.6) is 5.75 Å². The van der Waals surface area contributed by atoms with Gasteiger partial charge in [0.2, 0.25) is 0 Å². The van der Waals surface area contributed by atoms with Gasteiger partial charge in [-0.15, -0.1) is 11.3 Å². The molecule has 31 heavy (non-hydrogen) atoms. The second kappa shape index (κ2) is 8.99. The summed E-state index contributed by atoms with van der Waals surface area (Å²) in [6.07, 6.45) is -0.504. The first kappa shape index (κ1) is 21.2. The van der Waals surface area contributed by atoms with Crippen LogP contribution in [0, 0.1) is 0 Å². The zero-order valence-corrected chi connectivity index (χ0v) is 18.0. The molecule has 10 heteroatoms. The summed E-state index contributed by atoms with van der Waals surface area (Å²) in [7, 11) is 0. The lowest BCUT2D eigenvalue weighted by Gasteiger charge is -2.28. The molecule has 1 aromatic carbocycles. The minimum Gasteiger partial charge on any atom is -0.478 e. The molecule has 0 bridgehead atoms. The van der Waals surface area contributed by atoms with Crippen molar-refractivity contribution in [2.45, 2.75) is 25.5 Å². The number of ether oxygens (including phenoxy) is 3. The topological polar surface area (TPSA) is 103 Å². The predicted molar refractivity (Wildman–Crippen MR) is 113 cm³/mol. The van der Waals surface area contributed by atoms with E-state index < -0.39 is 30.1 Å². The Morgan fingerprint density at radius 3 is 2.87 bits per heavy atom. The molecule has 0 unspecified atom stereocenters. The van der Waals surface area contributed by atoms with Crippen LogP contribution >= 0.6 is 22.9 Å². The van der Waals surface area contributed by atoms with Gasteiger partial charge in [-0.2, -0.15) is 0 Å². The van der Waals surface area contributed by atoms with Crippen molar-refractivity contribution in [1.82, 2.24) is 10.6 Å². The Morgan fingerprint density at radius 1 is 1.29 bits per heavy atom. The van der Waals surface area contributed by atoms with Crippen LogP contribution in [-0.2, 0) is 25.5 Å². The molecule has 4 rings (SSSR count). The van der Waals surface area contributed by atoms with Crippen molar-refractivity contribution in [3.05, 3.63) is 62.4 Å². The van der Waals surface area contributed by atoms with Crippen molar-refractivity contribution in [3.8, 4) is 5.75 Å².